The second-order valence-electron chi connectivity index (χ2n) is 5.21. The lowest BCUT2D eigenvalue weighted by Crippen LogP contribution is -2.37. The Labute approximate surface area is 155 Å². The fraction of sp³-hybridized carbons (Fsp3) is 0.556. The first-order valence-corrected chi connectivity index (χ1v) is 11.2. The summed E-state index contributed by atoms with van der Waals surface area (Å²) in [4.78, 5) is 60.1. The van der Waals surface area contributed by atoms with E-state index < -0.39 is 66.6 Å². The van der Waals surface area contributed by atoms with Gasteiger partial charge in [-0.3, -0.25) is 18.9 Å². The lowest BCUT2D eigenvalue weighted by atomic mass is 10.1. The van der Waals surface area contributed by atoms with E-state index in [1.54, 1.807) is 0 Å². The second-order valence-corrected chi connectivity index (χ2v) is 9.16. The van der Waals surface area contributed by atoms with Gasteiger partial charge >= 0.3 is 29.9 Å². The minimum absolute atomic E-state index is 0.724. The summed E-state index contributed by atoms with van der Waals surface area (Å²) in [5.41, 5.74) is -1.69. The Balaban J connectivity index is 2.05. The SMILES string of the molecule is O=c1ccn([C@@H]2O[C@H](COP(=O)(O)OP(=O)(O)OP(O)O)C(O)C2O)c(=O)[nH]1. The molecule has 6 atom stereocenters. The van der Waals surface area contributed by atoms with E-state index in [1.807, 2.05) is 4.98 Å². The molecule has 2 heterocycles. The Morgan fingerprint density at radius 2 is 1.82 bits per heavy atom. The molecule has 1 fully saturated rings. The Kier molecular flexibility index (Phi) is 7.45. The molecular weight excluding hydrogens is 453 g/mol. The number of H-pyrrole nitrogens is 1. The third kappa shape index (κ3) is 6.08. The maximum atomic E-state index is 11.7. The van der Waals surface area contributed by atoms with Crippen molar-refractivity contribution in [3.8, 4) is 0 Å². The minimum Gasteiger partial charge on any atom is -0.387 e. The predicted molar refractivity (Wildman–Crippen MR) is 86.4 cm³/mol. The van der Waals surface area contributed by atoms with Crippen molar-refractivity contribution in [3.05, 3.63) is 33.1 Å². The first-order valence-electron chi connectivity index (χ1n) is 7.03. The Morgan fingerprint density at radius 1 is 1.18 bits per heavy atom. The number of nitrogens with zero attached hydrogens (tertiary/aromatic N) is 1. The maximum absolute atomic E-state index is 11.7. The predicted octanol–water partition coefficient (Wildman–Crippen LogP) is -2.38. The van der Waals surface area contributed by atoms with E-state index in [4.69, 9.17) is 19.4 Å². The fourth-order valence-electron chi connectivity index (χ4n) is 2.15. The van der Waals surface area contributed by atoms with Gasteiger partial charge in [-0.2, -0.15) is 4.31 Å². The molecule has 1 aliphatic heterocycles. The zero-order chi connectivity index (χ0) is 21.3. The van der Waals surface area contributed by atoms with Gasteiger partial charge in [-0.05, 0) is 0 Å². The zero-order valence-electron chi connectivity index (χ0n) is 13.4. The number of aromatic amines is 1. The van der Waals surface area contributed by atoms with Gasteiger partial charge in [0.1, 0.15) is 18.3 Å². The highest BCUT2D eigenvalue weighted by Crippen LogP contribution is 2.64. The third-order valence-corrected chi connectivity index (χ3v) is 6.78. The van der Waals surface area contributed by atoms with Crippen molar-refractivity contribution in [1.29, 1.82) is 0 Å². The Hall–Kier alpha value is -0.830. The van der Waals surface area contributed by atoms with Crippen LogP contribution in [0.25, 0.3) is 0 Å². The summed E-state index contributed by atoms with van der Waals surface area (Å²) in [6, 6.07) is 0.944. The molecule has 0 aromatic carbocycles. The highest BCUT2D eigenvalue weighted by molar-refractivity contribution is 7.65. The van der Waals surface area contributed by atoms with E-state index in [1.165, 1.54) is 0 Å². The molecule has 7 N–H and O–H groups in total. The first-order chi connectivity index (χ1) is 12.8. The lowest BCUT2D eigenvalue weighted by molar-refractivity contribution is -0.0542. The van der Waals surface area contributed by atoms with E-state index in [0.29, 0.717) is 0 Å². The second kappa shape index (κ2) is 8.90. The van der Waals surface area contributed by atoms with E-state index in [0.717, 1.165) is 16.8 Å². The van der Waals surface area contributed by atoms with Crippen LogP contribution in [0.5, 0.6) is 0 Å². The smallest absolute Gasteiger partial charge is 0.387 e. The molecule has 1 aromatic rings. The highest BCUT2D eigenvalue weighted by atomic mass is 31.3. The normalized spacial score (nSPS) is 29.5. The molecular formula is C9H15N2O14P3. The molecule has 1 saturated heterocycles. The number of aliphatic hydroxyl groups is 2. The van der Waals surface area contributed by atoms with Gasteiger partial charge in [-0.25, -0.2) is 18.2 Å². The summed E-state index contributed by atoms with van der Waals surface area (Å²) in [6.07, 6.45) is -5.47. The van der Waals surface area contributed by atoms with Crippen LogP contribution in [-0.4, -0.2) is 64.3 Å². The van der Waals surface area contributed by atoms with Crippen molar-refractivity contribution < 1.29 is 56.8 Å². The Morgan fingerprint density at radius 3 is 2.39 bits per heavy atom. The lowest BCUT2D eigenvalue weighted by Gasteiger charge is -2.19. The molecule has 0 radical (unpaired) electrons. The summed E-state index contributed by atoms with van der Waals surface area (Å²) in [5.74, 6) is 0. The van der Waals surface area contributed by atoms with Gasteiger partial charge in [0.2, 0.25) is 0 Å². The summed E-state index contributed by atoms with van der Waals surface area (Å²) in [5, 5.41) is 19.9. The molecule has 0 spiro atoms. The summed E-state index contributed by atoms with van der Waals surface area (Å²) < 4.78 is 40.6. The number of hydrogen-bond acceptors (Lipinski definition) is 12. The van der Waals surface area contributed by atoms with Crippen LogP contribution in [-0.2, 0) is 27.0 Å². The standard InChI is InChI=1S/C9H15N2O14P3/c12-5-1-2-11(9(15)10-5)8-7(14)6(13)4(23-8)3-22-27(18,19)25-28(20,21)24-26(16)17/h1-2,4,6-8,13-14,16-17H,3H2,(H,18,19)(H,20,21)(H,10,12,15)/t4-,6?,7?,8-/m1/s1. The molecule has 1 aromatic heterocycles. The van der Waals surface area contributed by atoms with E-state index in [9.17, 15) is 33.8 Å². The first kappa shape index (κ1) is 23.4. The molecule has 1 aliphatic rings. The fourth-order valence-corrected chi connectivity index (χ4v) is 4.85. The Bertz CT molecular complexity index is 899. The van der Waals surface area contributed by atoms with Gasteiger partial charge in [-0.15, -0.1) is 0 Å². The zero-order valence-corrected chi connectivity index (χ0v) is 16.1. The van der Waals surface area contributed by atoms with Gasteiger partial charge in [0.25, 0.3) is 5.56 Å². The van der Waals surface area contributed by atoms with Crippen molar-refractivity contribution in [2.75, 3.05) is 6.61 Å². The molecule has 19 heteroatoms. The monoisotopic (exact) mass is 468 g/mol. The number of aliphatic hydroxyl groups excluding tert-OH is 2. The average Bonchev–Trinajstić information content (AvgIpc) is 2.79. The highest BCUT2D eigenvalue weighted by Gasteiger charge is 2.46. The molecule has 160 valence electrons. The van der Waals surface area contributed by atoms with Crippen LogP contribution in [0.2, 0.25) is 0 Å². The van der Waals surface area contributed by atoms with Crippen LogP contribution >= 0.6 is 24.2 Å². The molecule has 2 rings (SSSR count). The van der Waals surface area contributed by atoms with Crippen LogP contribution in [0, 0.1) is 0 Å². The molecule has 0 saturated carbocycles. The number of phosphoric acid groups is 2. The van der Waals surface area contributed by atoms with Crippen molar-refractivity contribution in [2.45, 2.75) is 24.5 Å². The molecule has 16 nitrogen and oxygen atoms in total. The maximum Gasteiger partial charge on any atom is 0.487 e. The van der Waals surface area contributed by atoms with E-state index >= 15 is 0 Å². The van der Waals surface area contributed by atoms with Gasteiger partial charge in [0.05, 0.1) is 6.61 Å². The average molecular weight is 468 g/mol. The van der Waals surface area contributed by atoms with Crippen LogP contribution in [0.4, 0.5) is 0 Å². The third-order valence-electron chi connectivity index (χ3n) is 3.25. The van der Waals surface area contributed by atoms with Crippen molar-refractivity contribution in [1.82, 2.24) is 9.55 Å². The van der Waals surface area contributed by atoms with Gasteiger partial charge in [0.15, 0.2) is 6.23 Å². The number of rotatable bonds is 8. The van der Waals surface area contributed by atoms with E-state index in [2.05, 4.69) is 13.1 Å². The largest absolute Gasteiger partial charge is 0.487 e. The summed E-state index contributed by atoms with van der Waals surface area (Å²) in [6.45, 7) is -0.965. The van der Waals surface area contributed by atoms with Crippen LogP contribution in [0.1, 0.15) is 6.23 Å². The number of phosphoric ester groups is 1. The van der Waals surface area contributed by atoms with Crippen LogP contribution < -0.4 is 11.2 Å². The van der Waals surface area contributed by atoms with Crippen LogP contribution in [0.3, 0.4) is 0 Å². The number of nitrogens with one attached hydrogen (secondary N) is 1. The summed E-state index contributed by atoms with van der Waals surface area (Å²) in [7, 11) is -14.1. The number of ether oxygens (including phenoxy) is 1. The quantitative estimate of drug-likeness (QED) is 0.197. The van der Waals surface area contributed by atoms with Crippen LogP contribution in [0.15, 0.2) is 21.9 Å². The molecule has 0 bridgehead atoms. The van der Waals surface area contributed by atoms with E-state index in [-0.39, 0.29) is 0 Å². The van der Waals surface area contributed by atoms with Gasteiger partial charge < -0.3 is 34.5 Å². The molecule has 0 amide bonds. The topological polar surface area (TPSA) is 247 Å². The molecule has 28 heavy (non-hydrogen) atoms. The van der Waals surface area contributed by atoms with Gasteiger partial charge in [-0.1, -0.05) is 0 Å². The number of hydrogen-bond donors (Lipinski definition) is 7. The van der Waals surface area contributed by atoms with Gasteiger partial charge in [0, 0.05) is 12.3 Å². The van der Waals surface area contributed by atoms with Crippen molar-refractivity contribution >= 4 is 24.2 Å². The number of aromatic nitrogens is 2. The van der Waals surface area contributed by atoms with Crippen molar-refractivity contribution in [2.24, 2.45) is 0 Å². The summed E-state index contributed by atoms with van der Waals surface area (Å²) >= 11 is 0. The molecule has 0 aliphatic carbocycles. The van der Waals surface area contributed by atoms with Crippen molar-refractivity contribution in [3.63, 3.8) is 0 Å². The minimum atomic E-state index is -5.37. The molecule has 4 unspecified atom stereocenters.